The summed E-state index contributed by atoms with van der Waals surface area (Å²) in [6.45, 7) is 8.07. The van der Waals surface area contributed by atoms with Crippen LogP contribution >= 0.6 is 0 Å². The number of fused-ring (bicyclic) bond motifs is 1. The van der Waals surface area contributed by atoms with E-state index in [2.05, 4.69) is 0 Å². The Morgan fingerprint density at radius 2 is 1.83 bits per heavy atom. The summed E-state index contributed by atoms with van der Waals surface area (Å²) in [5, 5.41) is 0. The van der Waals surface area contributed by atoms with Gasteiger partial charge in [-0.1, -0.05) is 0 Å². The van der Waals surface area contributed by atoms with E-state index >= 15 is 4.39 Å². The average molecular weight is 320 g/mol. The summed E-state index contributed by atoms with van der Waals surface area (Å²) in [6.07, 6.45) is 0.468. The Labute approximate surface area is 136 Å². The minimum absolute atomic E-state index is 0.388. The molecule has 124 valence electrons. The first-order chi connectivity index (χ1) is 10.7. The molecular formula is C17H22BFO4. The lowest BCUT2D eigenvalue weighted by Gasteiger charge is -2.32. The summed E-state index contributed by atoms with van der Waals surface area (Å²) in [4.78, 5) is 0. The normalized spacial score (nSPS) is 24.0. The molecule has 2 heterocycles. The number of ether oxygens (including phenoxy) is 2. The number of methoxy groups -OCH3 is 1. The van der Waals surface area contributed by atoms with Crippen LogP contribution in [0.4, 0.5) is 4.39 Å². The minimum Gasteiger partial charge on any atom is -0.497 e. The molecule has 1 aromatic rings. The van der Waals surface area contributed by atoms with Gasteiger partial charge in [0.05, 0.1) is 24.9 Å². The number of hydrogen-bond donors (Lipinski definition) is 0. The van der Waals surface area contributed by atoms with Gasteiger partial charge in [-0.15, -0.1) is 0 Å². The molecule has 0 unspecified atom stereocenters. The van der Waals surface area contributed by atoms with Crippen molar-refractivity contribution in [3.63, 3.8) is 0 Å². The quantitative estimate of drug-likeness (QED) is 0.777. The van der Waals surface area contributed by atoms with Crippen LogP contribution in [-0.2, 0) is 9.31 Å². The topological polar surface area (TPSA) is 36.9 Å². The molecule has 2 aliphatic heterocycles. The second-order valence-corrected chi connectivity index (χ2v) is 6.88. The summed E-state index contributed by atoms with van der Waals surface area (Å²) >= 11 is 0. The van der Waals surface area contributed by atoms with Crippen molar-refractivity contribution in [1.29, 1.82) is 0 Å². The highest BCUT2D eigenvalue weighted by Gasteiger charge is 2.53. The fourth-order valence-electron chi connectivity index (χ4n) is 2.73. The van der Waals surface area contributed by atoms with Crippen molar-refractivity contribution in [3.8, 4) is 11.5 Å². The van der Waals surface area contributed by atoms with Crippen LogP contribution < -0.4 is 9.47 Å². The molecule has 6 heteroatoms. The third-order valence-electron chi connectivity index (χ3n) is 4.87. The number of rotatable bonds is 2. The molecule has 3 rings (SSSR count). The lowest BCUT2D eigenvalue weighted by atomic mass is 9.81. The first-order valence-corrected chi connectivity index (χ1v) is 7.80. The highest BCUT2D eigenvalue weighted by atomic mass is 19.1. The molecule has 0 atom stereocenters. The van der Waals surface area contributed by atoms with Gasteiger partial charge in [-0.3, -0.25) is 0 Å². The van der Waals surface area contributed by atoms with Crippen molar-refractivity contribution in [2.75, 3.05) is 13.7 Å². The van der Waals surface area contributed by atoms with E-state index in [9.17, 15) is 0 Å². The average Bonchev–Trinajstić information content (AvgIpc) is 2.73. The molecule has 1 fully saturated rings. The molecular weight excluding hydrogens is 298 g/mol. The van der Waals surface area contributed by atoms with Gasteiger partial charge in [-0.25, -0.2) is 4.39 Å². The number of benzene rings is 1. The highest BCUT2D eigenvalue weighted by Crippen LogP contribution is 2.43. The molecule has 0 saturated carbocycles. The van der Waals surface area contributed by atoms with Crippen LogP contribution in [0, 0.1) is 0 Å². The molecule has 0 bridgehead atoms. The molecule has 2 aliphatic rings. The molecule has 23 heavy (non-hydrogen) atoms. The third-order valence-corrected chi connectivity index (χ3v) is 4.87. The fourth-order valence-corrected chi connectivity index (χ4v) is 2.73. The van der Waals surface area contributed by atoms with E-state index in [1.54, 1.807) is 25.3 Å². The molecule has 1 aromatic carbocycles. The van der Waals surface area contributed by atoms with Gasteiger partial charge in [0.2, 0.25) is 0 Å². The third kappa shape index (κ3) is 2.74. The van der Waals surface area contributed by atoms with Crippen LogP contribution in [0.3, 0.4) is 0 Å². The number of halogens is 1. The standard InChI is InChI=1S/C17H22BFO4/c1-16(2)17(3,4)23-18(22-16)15(19)12-8-9-21-14-7-6-11(20-5)10-13(12)14/h6-7,10H,8-9H2,1-5H3. The summed E-state index contributed by atoms with van der Waals surface area (Å²) in [6, 6.07) is 5.38. The Morgan fingerprint density at radius 3 is 2.43 bits per heavy atom. The second kappa shape index (κ2) is 5.53. The minimum atomic E-state index is -0.993. The predicted molar refractivity (Wildman–Crippen MR) is 87.2 cm³/mol. The summed E-state index contributed by atoms with van der Waals surface area (Å²) in [5.74, 6) is 1.31. The van der Waals surface area contributed by atoms with Gasteiger partial charge in [-0.05, 0) is 51.5 Å². The molecule has 4 nitrogen and oxygen atoms in total. The van der Waals surface area contributed by atoms with Gasteiger partial charge in [0.1, 0.15) is 17.2 Å². The van der Waals surface area contributed by atoms with E-state index in [1.165, 1.54) is 0 Å². The molecule has 0 spiro atoms. The van der Waals surface area contributed by atoms with Gasteiger partial charge in [-0.2, -0.15) is 0 Å². The van der Waals surface area contributed by atoms with Crippen LogP contribution in [0.5, 0.6) is 11.5 Å². The summed E-state index contributed by atoms with van der Waals surface area (Å²) in [5.41, 5.74) is -0.275. The van der Waals surface area contributed by atoms with Crippen molar-refractivity contribution in [2.45, 2.75) is 45.3 Å². The molecule has 0 aliphatic carbocycles. The number of hydrogen-bond acceptors (Lipinski definition) is 4. The van der Waals surface area contributed by atoms with Crippen molar-refractivity contribution >= 4 is 12.7 Å². The maximum Gasteiger partial charge on any atom is 0.525 e. The summed E-state index contributed by atoms with van der Waals surface area (Å²) in [7, 11) is 0.589. The lowest BCUT2D eigenvalue weighted by Crippen LogP contribution is -2.41. The largest absolute Gasteiger partial charge is 0.525 e. The molecule has 0 aromatic heterocycles. The van der Waals surface area contributed by atoms with E-state index in [-0.39, 0.29) is 5.73 Å². The fraction of sp³-hybridized carbons (Fsp3) is 0.529. The maximum atomic E-state index is 15.1. The van der Waals surface area contributed by atoms with Crippen molar-refractivity contribution in [3.05, 3.63) is 29.5 Å². The van der Waals surface area contributed by atoms with Crippen LogP contribution in [0.1, 0.15) is 39.7 Å². The zero-order valence-electron chi connectivity index (χ0n) is 14.2. The van der Waals surface area contributed by atoms with Gasteiger partial charge in [0.15, 0.2) is 0 Å². The van der Waals surface area contributed by atoms with Crippen LogP contribution in [0.2, 0.25) is 0 Å². The first-order valence-electron chi connectivity index (χ1n) is 7.80. The Hall–Kier alpha value is -1.53. The Balaban J connectivity index is 2.00. The van der Waals surface area contributed by atoms with Gasteiger partial charge in [0.25, 0.3) is 0 Å². The van der Waals surface area contributed by atoms with Gasteiger partial charge >= 0.3 is 7.12 Å². The molecule has 0 radical (unpaired) electrons. The van der Waals surface area contributed by atoms with Crippen molar-refractivity contribution in [2.24, 2.45) is 0 Å². The molecule has 1 saturated heterocycles. The highest BCUT2D eigenvalue weighted by molar-refractivity contribution is 6.55. The Kier molecular flexibility index (Phi) is 3.93. The maximum absolute atomic E-state index is 15.1. The Morgan fingerprint density at radius 1 is 1.17 bits per heavy atom. The van der Waals surface area contributed by atoms with Crippen LogP contribution in [0.15, 0.2) is 23.9 Å². The van der Waals surface area contributed by atoms with Crippen LogP contribution in [0.25, 0.3) is 5.57 Å². The van der Waals surface area contributed by atoms with Gasteiger partial charge in [0, 0.05) is 12.0 Å². The van der Waals surface area contributed by atoms with E-state index in [1.807, 2.05) is 27.7 Å². The van der Waals surface area contributed by atoms with E-state index in [0.717, 1.165) is 0 Å². The lowest BCUT2D eigenvalue weighted by molar-refractivity contribution is 0.00578. The smallest absolute Gasteiger partial charge is 0.497 e. The summed E-state index contributed by atoms with van der Waals surface area (Å²) < 4.78 is 37.6. The molecule has 0 N–H and O–H groups in total. The van der Waals surface area contributed by atoms with Crippen molar-refractivity contribution < 1.29 is 23.2 Å². The van der Waals surface area contributed by atoms with Crippen LogP contribution in [-0.4, -0.2) is 32.0 Å². The van der Waals surface area contributed by atoms with E-state index in [4.69, 9.17) is 18.8 Å². The van der Waals surface area contributed by atoms with Crippen molar-refractivity contribution in [1.82, 2.24) is 0 Å². The van der Waals surface area contributed by atoms with E-state index < -0.39 is 18.3 Å². The Bertz CT molecular complexity index is 638. The zero-order chi connectivity index (χ0) is 16.8. The first kappa shape index (κ1) is 16.3. The van der Waals surface area contributed by atoms with E-state index in [0.29, 0.717) is 35.7 Å². The molecule has 0 amide bonds. The monoisotopic (exact) mass is 320 g/mol. The second-order valence-electron chi connectivity index (χ2n) is 6.88. The van der Waals surface area contributed by atoms with Gasteiger partial charge < -0.3 is 18.8 Å². The predicted octanol–water partition coefficient (Wildman–Crippen LogP) is 3.79. The SMILES string of the molecule is COc1ccc2c(c1)C(=C(F)B1OC(C)(C)C(C)(C)O1)CCO2. The zero-order valence-corrected chi connectivity index (χ0v) is 14.2.